The van der Waals surface area contributed by atoms with E-state index in [-0.39, 0.29) is 5.11 Å². The second-order valence-corrected chi connectivity index (χ2v) is 7.37. The average molecular weight is 329 g/mol. The summed E-state index contributed by atoms with van der Waals surface area (Å²) < 4.78 is 5.21. The largest absolute Gasteiger partial charge is 0.497 e. The molecular formula is C18H23N3OS. The predicted octanol–water partition coefficient (Wildman–Crippen LogP) is 3.33. The van der Waals surface area contributed by atoms with Crippen LogP contribution in [-0.2, 0) is 0 Å². The Kier molecular flexibility index (Phi) is 4.15. The van der Waals surface area contributed by atoms with E-state index in [0.717, 1.165) is 29.4 Å². The van der Waals surface area contributed by atoms with Gasteiger partial charge in [0.1, 0.15) is 5.75 Å². The van der Waals surface area contributed by atoms with Crippen LogP contribution in [0.2, 0.25) is 0 Å². The van der Waals surface area contributed by atoms with Gasteiger partial charge in [0.25, 0.3) is 0 Å². The van der Waals surface area contributed by atoms with E-state index < -0.39 is 0 Å². The molecule has 23 heavy (non-hydrogen) atoms. The Morgan fingerprint density at radius 1 is 1.39 bits per heavy atom. The first-order chi connectivity index (χ1) is 10.9. The van der Waals surface area contributed by atoms with Crippen molar-refractivity contribution in [1.29, 1.82) is 0 Å². The molecule has 122 valence electrons. The number of ether oxygens (including phenoxy) is 1. The van der Waals surface area contributed by atoms with Crippen molar-refractivity contribution in [3.8, 4) is 5.75 Å². The van der Waals surface area contributed by atoms with Crippen molar-refractivity contribution in [3.05, 3.63) is 35.4 Å². The molecule has 2 unspecified atom stereocenters. The van der Waals surface area contributed by atoms with Gasteiger partial charge in [-0.25, -0.2) is 0 Å². The number of benzene rings is 1. The number of nitrogens with zero attached hydrogens (tertiary/aromatic N) is 1. The van der Waals surface area contributed by atoms with Crippen LogP contribution in [0.3, 0.4) is 0 Å². The van der Waals surface area contributed by atoms with Gasteiger partial charge in [-0.2, -0.15) is 5.10 Å². The summed E-state index contributed by atoms with van der Waals surface area (Å²) in [5, 5.41) is 4.72. The highest BCUT2D eigenvalue weighted by Crippen LogP contribution is 2.59. The smallest absolute Gasteiger partial charge is 0.184 e. The molecule has 0 aromatic heterocycles. The van der Waals surface area contributed by atoms with Crippen molar-refractivity contribution in [1.82, 2.24) is 5.43 Å². The van der Waals surface area contributed by atoms with E-state index >= 15 is 0 Å². The number of hydrazone groups is 1. The Morgan fingerprint density at radius 3 is 2.65 bits per heavy atom. The van der Waals surface area contributed by atoms with Crippen molar-refractivity contribution >= 4 is 29.1 Å². The van der Waals surface area contributed by atoms with Gasteiger partial charge in [0.2, 0.25) is 0 Å². The molecule has 0 spiro atoms. The average Bonchev–Trinajstić information content (AvgIpc) is 2.53. The molecule has 0 saturated heterocycles. The number of methoxy groups -OCH3 is 1. The molecule has 5 heteroatoms. The third-order valence-corrected chi connectivity index (χ3v) is 5.43. The molecule has 3 N–H and O–H groups in total. The summed E-state index contributed by atoms with van der Waals surface area (Å²) in [5.41, 5.74) is 12.2. The molecule has 2 atom stereocenters. The van der Waals surface area contributed by atoms with E-state index in [4.69, 9.17) is 22.7 Å². The van der Waals surface area contributed by atoms with Gasteiger partial charge in [0.05, 0.1) is 12.8 Å². The number of allylic oxidation sites excluding steroid dienone is 1. The summed E-state index contributed by atoms with van der Waals surface area (Å²) in [6.45, 7) is 4.65. The van der Waals surface area contributed by atoms with Crippen molar-refractivity contribution in [2.45, 2.75) is 26.7 Å². The van der Waals surface area contributed by atoms with Crippen molar-refractivity contribution in [2.75, 3.05) is 7.11 Å². The first-order valence-corrected chi connectivity index (χ1v) is 8.30. The van der Waals surface area contributed by atoms with Gasteiger partial charge in [-0.05, 0) is 65.7 Å². The Balaban J connectivity index is 1.91. The summed E-state index contributed by atoms with van der Waals surface area (Å²) in [4.78, 5) is 0. The van der Waals surface area contributed by atoms with Crippen LogP contribution in [0.1, 0.15) is 32.3 Å². The van der Waals surface area contributed by atoms with Crippen LogP contribution in [0.15, 0.2) is 34.9 Å². The van der Waals surface area contributed by atoms with E-state index in [2.05, 4.69) is 42.6 Å². The summed E-state index contributed by atoms with van der Waals surface area (Å²) >= 11 is 4.89. The van der Waals surface area contributed by atoms with Crippen molar-refractivity contribution < 1.29 is 4.74 Å². The Labute approximate surface area is 142 Å². The van der Waals surface area contributed by atoms with Crippen molar-refractivity contribution in [3.63, 3.8) is 0 Å². The molecule has 0 aliphatic heterocycles. The molecule has 4 rings (SSSR count). The lowest BCUT2D eigenvalue weighted by Gasteiger charge is -2.57. The first kappa shape index (κ1) is 16.0. The third-order valence-electron chi connectivity index (χ3n) is 5.34. The minimum absolute atomic E-state index is 0.209. The minimum Gasteiger partial charge on any atom is -0.497 e. The van der Waals surface area contributed by atoms with Crippen LogP contribution < -0.4 is 15.9 Å². The molecule has 1 aromatic rings. The lowest BCUT2D eigenvalue weighted by Crippen LogP contribution is -2.54. The quantitative estimate of drug-likeness (QED) is 0.659. The van der Waals surface area contributed by atoms with E-state index in [1.54, 1.807) is 7.11 Å². The van der Waals surface area contributed by atoms with Gasteiger partial charge in [-0.3, -0.25) is 5.43 Å². The van der Waals surface area contributed by atoms with E-state index in [0.29, 0.717) is 11.3 Å². The normalized spacial score (nSPS) is 28.3. The van der Waals surface area contributed by atoms with E-state index in [1.165, 1.54) is 12.0 Å². The standard InChI is InChI=1S/C18H23N3OS/c1-18(2)13-9-12(8-11-4-6-14(22-3)7-5-11)16(15(18)10-13)20-21-17(19)23/h4-8,13,15H,9-10H2,1-3H3,(H3,19,21,23)/b12-8+,20-16+. The van der Waals surface area contributed by atoms with Crippen LogP contribution in [0, 0.1) is 17.3 Å². The monoisotopic (exact) mass is 329 g/mol. The molecule has 1 aromatic carbocycles. The lowest BCUT2D eigenvalue weighted by molar-refractivity contribution is 0.0141. The number of fused-ring (bicyclic) bond motifs is 2. The molecule has 3 aliphatic rings. The lowest BCUT2D eigenvalue weighted by atomic mass is 9.47. The fourth-order valence-electron chi connectivity index (χ4n) is 3.72. The molecule has 2 bridgehead atoms. The molecule has 0 radical (unpaired) electrons. The maximum Gasteiger partial charge on any atom is 0.184 e. The highest BCUT2D eigenvalue weighted by molar-refractivity contribution is 7.80. The van der Waals surface area contributed by atoms with Crippen LogP contribution in [0.25, 0.3) is 6.08 Å². The maximum atomic E-state index is 5.55. The summed E-state index contributed by atoms with van der Waals surface area (Å²) in [6, 6.07) is 8.08. The molecule has 0 amide bonds. The van der Waals surface area contributed by atoms with Gasteiger partial charge in [-0.1, -0.05) is 26.0 Å². The zero-order chi connectivity index (χ0) is 16.6. The number of rotatable bonds is 3. The van der Waals surface area contributed by atoms with Crippen LogP contribution >= 0.6 is 12.2 Å². The predicted molar refractivity (Wildman–Crippen MR) is 98.3 cm³/mol. The zero-order valence-electron chi connectivity index (χ0n) is 13.8. The number of nitrogens with two attached hydrogens (primary N) is 1. The van der Waals surface area contributed by atoms with E-state index in [9.17, 15) is 0 Å². The van der Waals surface area contributed by atoms with Gasteiger partial charge in [0.15, 0.2) is 5.11 Å². The number of hydrogen-bond acceptors (Lipinski definition) is 3. The zero-order valence-corrected chi connectivity index (χ0v) is 14.6. The fourth-order valence-corrected chi connectivity index (χ4v) is 3.77. The molecule has 0 heterocycles. The minimum atomic E-state index is 0.209. The van der Waals surface area contributed by atoms with Crippen LogP contribution in [0.5, 0.6) is 5.75 Å². The molecule has 3 fully saturated rings. The van der Waals surface area contributed by atoms with Crippen molar-refractivity contribution in [2.24, 2.45) is 28.1 Å². The highest BCUT2D eigenvalue weighted by atomic mass is 32.1. The Hall–Kier alpha value is -1.88. The van der Waals surface area contributed by atoms with Gasteiger partial charge < -0.3 is 10.5 Å². The molecular weight excluding hydrogens is 306 g/mol. The SMILES string of the molecule is COc1ccc(/C=C2\CC3CC(\C2=N\NC(N)=S)C3(C)C)cc1. The Morgan fingerprint density at radius 2 is 2.09 bits per heavy atom. The van der Waals surface area contributed by atoms with E-state index in [1.807, 2.05) is 12.1 Å². The third kappa shape index (κ3) is 2.98. The number of thiocarbonyl (C=S) groups is 1. The van der Waals surface area contributed by atoms with Crippen LogP contribution in [0.4, 0.5) is 0 Å². The molecule has 4 nitrogen and oxygen atoms in total. The van der Waals surface area contributed by atoms with Crippen LogP contribution in [-0.4, -0.2) is 17.9 Å². The van der Waals surface area contributed by atoms with Gasteiger partial charge in [-0.15, -0.1) is 0 Å². The summed E-state index contributed by atoms with van der Waals surface area (Å²) in [7, 11) is 1.68. The molecule has 3 aliphatic carbocycles. The number of hydrogen-bond donors (Lipinski definition) is 2. The first-order valence-electron chi connectivity index (χ1n) is 7.90. The second-order valence-electron chi connectivity index (χ2n) is 6.93. The highest BCUT2D eigenvalue weighted by Gasteiger charge is 2.54. The number of nitrogens with one attached hydrogen (secondary N) is 1. The second kappa shape index (κ2) is 5.96. The topological polar surface area (TPSA) is 59.6 Å². The van der Waals surface area contributed by atoms with Gasteiger partial charge >= 0.3 is 0 Å². The Bertz CT molecular complexity index is 676. The molecule has 3 saturated carbocycles. The summed E-state index contributed by atoms with van der Waals surface area (Å²) in [5.74, 6) is 2.05. The van der Waals surface area contributed by atoms with Gasteiger partial charge in [0, 0.05) is 5.92 Å². The maximum absolute atomic E-state index is 5.55. The summed E-state index contributed by atoms with van der Waals surface area (Å²) in [6.07, 6.45) is 4.46. The fraction of sp³-hybridized carbons (Fsp3) is 0.444.